The van der Waals surface area contributed by atoms with Gasteiger partial charge < -0.3 is 19.5 Å². The minimum absolute atomic E-state index is 0.0684. The molecule has 0 bridgehead atoms. The first kappa shape index (κ1) is 20.2. The molecule has 0 radical (unpaired) electrons. The zero-order valence-corrected chi connectivity index (χ0v) is 16.2. The van der Waals surface area contributed by atoms with Crippen molar-refractivity contribution in [2.24, 2.45) is 7.05 Å². The van der Waals surface area contributed by atoms with Gasteiger partial charge in [-0.2, -0.15) is 0 Å². The van der Waals surface area contributed by atoms with Gasteiger partial charge in [0.1, 0.15) is 5.75 Å². The molecule has 2 aromatic rings. The number of ether oxygens (including phenoxy) is 1. The lowest BCUT2D eigenvalue weighted by molar-refractivity contribution is -0.0509. The van der Waals surface area contributed by atoms with E-state index in [-0.39, 0.29) is 5.56 Å². The molecule has 0 amide bonds. The molecule has 1 heterocycles. The Morgan fingerprint density at radius 2 is 2.00 bits per heavy atom. The van der Waals surface area contributed by atoms with Crippen LogP contribution in [0.15, 0.2) is 40.7 Å². The summed E-state index contributed by atoms with van der Waals surface area (Å²) >= 11 is 0. The molecular formula is C21H29NO4. The second-order valence-corrected chi connectivity index (χ2v) is 7.36. The number of hydrogen-bond acceptors (Lipinski definition) is 4. The first-order valence-electron chi connectivity index (χ1n) is 8.87. The van der Waals surface area contributed by atoms with Crippen molar-refractivity contribution in [3.63, 3.8) is 0 Å². The van der Waals surface area contributed by atoms with Gasteiger partial charge in [-0.3, -0.25) is 4.79 Å². The largest absolute Gasteiger partial charge is 0.496 e. The molecule has 142 valence electrons. The molecule has 0 unspecified atom stereocenters. The highest BCUT2D eigenvalue weighted by Crippen LogP contribution is 2.27. The summed E-state index contributed by atoms with van der Waals surface area (Å²) in [5, 5.41) is 20.7. The molecule has 0 aliphatic carbocycles. The van der Waals surface area contributed by atoms with Crippen LogP contribution in [-0.2, 0) is 13.5 Å². The van der Waals surface area contributed by atoms with Crippen LogP contribution in [0.5, 0.6) is 5.75 Å². The van der Waals surface area contributed by atoms with Crippen molar-refractivity contribution in [1.29, 1.82) is 0 Å². The first-order chi connectivity index (χ1) is 12.2. The van der Waals surface area contributed by atoms with E-state index in [1.807, 2.05) is 37.3 Å². The number of pyridine rings is 1. The van der Waals surface area contributed by atoms with Crippen LogP contribution in [0.3, 0.4) is 0 Å². The van der Waals surface area contributed by atoms with Crippen LogP contribution in [0.1, 0.15) is 39.2 Å². The summed E-state index contributed by atoms with van der Waals surface area (Å²) in [7, 11) is 3.35. The van der Waals surface area contributed by atoms with Crippen LogP contribution < -0.4 is 10.3 Å². The maximum absolute atomic E-state index is 12.8. The van der Waals surface area contributed by atoms with E-state index >= 15 is 0 Å². The van der Waals surface area contributed by atoms with E-state index in [1.54, 1.807) is 32.6 Å². The molecule has 26 heavy (non-hydrogen) atoms. The molecule has 0 aliphatic rings. The Hall–Kier alpha value is -2.11. The number of para-hydroxylation sites is 1. The Morgan fingerprint density at radius 3 is 2.62 bits per heavy atom. The van der Waals surface area contributed by atoms with Gasteiger partial charge in [-0.25, -0.2) is 0 Å². The number of allylic oxidation sites excluding steroid dienone is 2. The third-order valence-corrected chi connectivity index (χ3v) is 4.83. The molecule has 0 saturated carbocycles. The summed E-state index contributed by atoms with van der Waals surface area (Å²) in [5.41, 5.74) is 1.34. The van der Waals surface area contributed by atoms with Crippen molar-refractivity contribution in [2.75, 3.05) is 7.11 Å². The molecule has 2 rings (SSSR count). The molecular weight excluding hydrogens is 330 g/mol. The van der Waals surface area contributed by atoms with E-state index in [0.717, 1.165) is 16.5 Å². The number of methoxy groups -OCH3 is 1. The molecule has 0 spiro atoms. The van der Waals surface area contributed by atoms with Crippen LogP contribution in [0, 0.1) is 0 Å². The second kappa shape index (κ2) is 8.06. The van der Waals surface area contributed by atoms with Crippen molar-refractivity contribution >= 4 is 10.9 Å². The quantitative estimate of drug-likeness (QED) is 0.746. The standard InChI is InChI=1S/C21H29NO4/c1-14(11-13-18(23)21(2,3)25)10-12-16-19(26-5)15-8-6-7-9-17(15)22(4)20(16)24/h6-10,18,23,25H,11-13H2,1-5H3/b14-10+/t18-/m1/s1. The van der Waals surface area contributed by atoms with Gasteiger partial charge >= 0.3 is 0 Å². The predicted molar refractivity (Wildman–Crippen MR) is 105 cm³/mol. The van der Waals surface area contributed by atoms with Crippen LogP contribution in [-0.4, -0.2) is 33.6 Å². The fourth-order valence-corrected chi connectivity index (χ4v) is 3.04. The van der Waals surface area contributed by atoms with Crippen LogP contribution in [0.4, 0.5) is 0 Å². The summed E-state index contributed by atoms with van der Waals surface area (Å²) in [6.07, 6.45) is 2.80. The van der Waals surface area contributed by atoms with Gasteiger partial charge in [0.25, 0.3) is 5.56 Å². The molecule has 0 fully saturated rings. The van der Waals surface area contributed by atoms with Crippen molar-refractivity contribution in [3.8, 4) is 5.75 Å². The third-order valence-electron chi connectivity index (χ3n) is 4.83. The van der Waals surface area contributed by atoms with E-state index in [4.69, 9.17) is 4.74 Å². The second-order valence-electron chi connectivity index (χ2n) is 7.36. The molecule has 5 nitrogen and oxygen atoms in total. The number of aryl methyl sites for hydroxylation is 1. The number of aliphatic hydroxyl groups is 2. The lowest BCUT2D eigenvalue weighted by Gasteiger charge is -2.24. The van der Waals surface area contributed by atoms with Gasteiger partial charge in [0.05, 0.1) is 29.9 Å². The minimum Gasteiger partial charge on any atom is -0.496 e. The number of benzene rings is 1. The van der Waals surface area contributed by atoms with Gasteiger partial charge in [-0.05, 0) is 52.2 Å². The summed E-state index contributed by atoms with van der Waals surface area (Å²) in [4.78, 5) is 12.8. The zero-order chi connectivity index (χ0) is 19.5. The molecule has 0 aliphatic heterocycles. The number of aromatic nitrogens is 1. The molecule has 1 aromatic heterocycles. The highest BCUT2D eigenvalue weighted by molar-refractivity contribution is 5.86. The van der Waals surface area contributed by atoms with Crippen LogP contribution >= 0.6 is 0 Å². The van der Waals surface area contributed by atoms with Crippen molar-refractivity contribution in [2.45, 2.75) is 51.7 Å². The Morgan fingerprint density at radius 1 is 1.35 bits per heavy atom. The van der Waals surface area contributed by atoms with E-state index in [9.17, 15) is 15.0 Å². The van der Waals surface area contributed by atoms with Crippen LogP contribution in [0.25, 0.3) is 10.9 Å². The average molecular weight is 359 g/mol. The minimum atomic E-state index is -1.11. The molecule has 0 saturated heterocycles. The Balaban J connectivity index is 2.28. The normalized spacial score (nSPS) is 13.9. The van der Waals surface area contributed by atoms with E-state index in [2.05, 4.69) is 0 Å². The third kappa shape index (κ3) is 4.34. The van der Waals surface area contributed by atoms with E-state index < -0.39 is 11.7 Å². The number of nitrogens with zero attached hydrogens (tertiary/aromatic N) is 1. The summed E-state index contributed by atoms with van der Waals surface area (Å²) in [5.74, 6) is 0.615. The number of aliphatic hydroxyl groups excluding tert-OH is 1. The molecule has 1 atom stereocenters. The average Bonchev–Trinajstić information content (AvgIpc) is 2.60. The van der Waals surface area contributed by atoms with Crippen molar-refractivity contribution in [3.05, 3.63) is 51.8 Å². The summed E-state index contributed by atoms with van der Waals surface area (Å²) in [6, 6.07) is 7.69. The molecule has 2 N–H and O–H groups in total. The highest BCUT2D eigenvalue weighted by atomic mass is 16.5. The van der Waals surface area contributed by atoms with Gasteiger partial charge in [0, 0.05) is 12.4 Å². The highest BCUT2D eigenvalue weighted by Gasteiger charge is 2.23. The number of fused-ring (bicyclic) bond motifs is 1. The van der Waals surface area contributed by atoms with Gasteiger partial charge in [0.2, 0.25) is 0 Å². The molecule has 5 heteroatoms. The Kier molecular flexibility index (Phi) is 6.26. The maximum atomic E-state index is 12.8. The van der Waals surface area contributed by atoms with E-state index in [0.29, 0.717) is 30.6 Å². The smallest absolute Gasteiger partial charge is 0.258 e. The zero-order valence-electron chi connectivity index (χ0n) is 16.2. The number of hydrogen-bond donors (Lipinski definition) is 2. The monoisotopic (exact) mass is 359 g/mol. The summed E-state index contributed by atoms with van der Waals surface area (Å²) < 4.78 is 7.20. The molecule has 1 aromatic carbocycles. The van der Waals surface area contributed by atoms with Crippen molar-refractivity contribution in [1.82, 2.24) is 4.57 Å². The fourth-order valence-electron chi connectivity index (χ4n) is 3.04. The maximum Gasteiger partial charge on any atom is 0.258 e. The van der Waals surface area contributed by atoms with Gasteiger partial charge in [-0.15, -0.1) is 0 Å². The predicted octanol–water partition coefficient (Wildman–Crippen LogP) is 2.95. The fraction of sp³-hybridized carbons (Fsp3) is 0.476. The Labute approximate surface area is 154 Å². The Bertz CT molecular complexity index is 859. The lowest BCUT2D eigenvalue weighted by atomic mass is 9.95. The first-order valence-corrected chi connectivity index (χ1v) is 8.87. The SMILES string of the molecule is COc1c(C/C=C(\C)CC[C@@H](O)C(C)(C)O)c(=O)n(C)c2ccccc12. The van der Waals surface area contributed by atoms with Gasteiger partial charge in [0.15, 0.2) is 0 Å². The number of rotatable bonds is 7. The van der Waals surface area contributed by atoms with Crippen LogP contribution in [0.2, 0.25) is 0 Å². The van der Waals surface area contributed by atoms with E-state index in [1.165, 1.54) is 0 Å². The van der Waals surface area contributed by atoms with Gasteiger partial charge in [-0.1, -0.05) is 23.8 Å². The topological polar surface area (TPSA) is 71.7 Å². The summed E-state index contributed by atoms with van der Waals surface area (Å²) in [6.45, 7) is 5.16. The lowest BCUT2D eigenvalue weighted by Crippen LogP contribution is -2.35. The van der Waals surface area contributed by atoms with Crippen molar-refractivity contribution < 1.29 is 14.9 Å².